The van der Waals surface area contributed by atoms with Gasteiger partial charge in [0.05, 0.1) is 0 Å². The van der Waals surface area contributed by atoms with Gasteiger partial charge >= 0.3 is 5.97 Å². The van der Waals surface area contributed by atoms with Crippen LogP contribution in [0, 0.1) is 11.8 Å². The highest BCUT2D eigenvalue weighted by atomic mass is 16.4. The first-order chi connectivity index (χ1) is 5.47. The topological polar surface area (TPSA) is 63.3 Å². The van der Waals surface area contributed by atoms with Crippen LogP contribution in [0.1, 0.15) is 33.1 Å². The lowest BCUT2D eigenvalue weighted by molar-refractivity contribution is -0.147. The van der Waals surface area contributed by atoms with E-state index in [4.69, 9.17) is 10.8 Å². The molecule has 1 aliphatic carbocycles. The zero-order valence-electron chi connectivity index (χ0n) is 7.71. The van der Waals surface area contributed by atoms with Crippen molar-refractivity contribution in [3.63, 3.8) is 0 Å². The number of aliphatic carboxylic acids is 1. The monoisotopic (exact) mass is 171 g/mol. The summed E-state index contributed by atoms with van der Waals surface area (Å²) in [6, 6.07) is 0. The minimum Gasteiger partial charge on any atom is -0.480 e. The molecular formula is C9H17NO2. The maximum absolute atomic E-state index is 10.9. The van der Waals surface area contributed by atoms with Crippen LogP contribution in [0.5, 0.6) is 0 Å². The molecule has 0 amide bonds. The number of carboxylic acids is 1. The minimum atomic E-state index is -0.975. The number of rotatable bonds is 1. The second-order valence-corrected chi connectivity index (χ2v) is 4.13. The van der Waals surface area contributed by atoms with Crippen molar-refractivity contribution >= 4 is 5.97 Å². The molecule has 0 bridgehead atoms. The molecule has 1 aliphatic rings. The summed E-state index contributed by atoms with van der Waals surface area (Å²) in [5.41, 5.74) is 4.86. The Bertz CT molecular complexity index is 193. The number of hydrogen-bond acceptors (Lipinski definition) is 2. The van der Waals surface area contributed by atoms with E-state index < -0.39 is 11.5 Å². The van der Waals surface area contributed by atoms with E-state index in [2.05, 4.69) is 6.92 Å². The predicted octanol–water partition coefficient (Wildman–Crippen LogP) is 1.22. The molecule has 70 valence electrons. The fraction of sp³-hybridized carbons (Fsp3) is 0.889. The lowest BCUT2D eigenvalue weighted by Gasteiger charge is -2.38. The van der Waals surface area contributed by atoms with Gasteiger partial charge in [0.2, 0.25) is 0 Å². The van der Waals surface area contributed by atoms with Crippen LogP contribution >= 0.6 is 0 Å². The molecule has 0 spiro atoms. The van der Waals surface area contributed by atoms with E-state index in [0.717, 1.165) is 12.8 Å². The van der Waals surface area contributed by atoms with Crippen molar-refractivity contribution in [2.75, 3.05) is 0 Å². The van der Waals surface area contributed by atoms with Gasteiger partial charge < -0.3 is 10.8 Å². The third-order valence-electron chi connectivity index (χ3n) is 3.06. The molecule has 0 aromatic rings. The molecule has 0 saturated heterocycles. The number of carbonyl (C=O) groups is 1. The SMILES string of the molecule is CC1CCC(C)C(N)(C(=O)O)C1. The fourth-order valence-electron chi connectivity index (χ4n) is 1.97. The van der Waals surface area contributed by atoms with Crippen molar-refractivity contribution < 1.29 is 9.90 Å². The standard InChI is InChI=1S/C9H17NO2/c1-6-3-4-7(2)9(10,5-6)8(11)12/h6-7H,3-5,10H2,1-2H3,(H,11,12). The van der Waals surface area contributed by atoms with Crippen molar-refractivity contribution in [1.29, 1.82) is 0 Å². The third-order valence-corrected chi connectivity index (χ3v) is 3.06. The minimum absolute atomic E-state index is 0.103. The highest BCUT2D eigenvalue weighted by Gasteiger charge is 2.43. The first kappa shape index (κ1) is 9.52. The average molecular weight is 171 g/mol. The summed E-state index contributed by atoms with van der Waals surface area (Å²) in [7, 11) is 0. The normalized spacial score (nSPS) is 42.6. The summed E-state index contributed by atoms with van der Waals surface area (Å²) < 4.78 is 0. The van der Waals surface area contributed by atoms with Crippen LogP contribution < -0.4 is 5.73 Å². The largest absolute Gasteiger partial charge is 0.480 e. The summed E-state index contributed by atoms with van der Waals surface area (Å²) >= 11 is 0. The highest BCUT2D eigenvalue weighted by molar-refractivity contribution is 5.79. The van der Waals surface area contributed by atoms with Gasteiger partial charge in [-0.3, -0.25) is 4.79 Å². The van der Waals surface area contributed by atoms with Gasteiger partial charge in [-0.2, -0.15) is 0 Å². The molecule has 0 radical (unpaired) electrons. The van der Waals surface area contributed by atoms with Crippen LogP contribution in [-0.2, 0) is 4.79 Å². The molecule has 12 heavy (non-hydrogen) atoms. The van der Waals surface area contributed by atoms with E-state index in [0.29, 0.717) is 12.3 Å². The molecular weight excluding hydrogens is 154 g/mol. The Morgan fingerprint density at radius 3 is 2.50 bits per heavy atom. The second-order valence-electron chi connectivity index (χ2n) is 4.13. The Kier molecular flexibility index (Phi) is 2.42. The van der Waals surface area contributed by atoms with Gasteiger partial charge in [-0.1, -0.05) is 20.3 Å². The van der Waals surface area contributed by atoms with Crippen molar-refractivity contribution in [2.45, 2.75) is 38.6 Å². The molecule has 0 aliphatic heterocycles. The molecule has 3 atom stereocenters. The molecule has 3 heteroatoms. The van der Waals surface area contributed by atoms with Gasteiger partial charge in [0.15, 0.2) is 0 Å². The highest BCUT2D eigenvalue weighted by Crippen LogP contribution is 2.35. The second kappa shape index (κ2) is 3.05. The summed E-state index contributed by atoms with van der Waals surface area (Å²) in [5, 5.41) is 8.96. The quantitative estimate of drug-likeness (QED) is 0.623. The third kappa shape index (κ3) is 1.46. The Balaban J connectivity index is 2.77. The predicted molar refractivity (Wildman–Crippen MR) is 46.7 cm³/mol. The lowest BCUT2D eigenvalue weighted by atomic mass is 9.70. The van der Waals surface area contributed by atoms with Gasteiger partial charge in [0.1, 0.15) is 5.54 Å². The van der Waals surface area contributed by atoms with E-state index in [9.17, 15) is 4.79 Å². The Morgan fingerprint density at radius 2 is 2.08 bits per heavy atom. The zero-order chi connectivity index (χ0) is 9.35. The van der Waals surface area contributed by atoms with Crippen LogP contribution in [0.2, 0.25) is 0 Å². The van der Waals surface area contributed by atoms with Crippen LogP contribution in [0.15, 0.2) is 0 Å². The number of hydrogen-bond donors (Lipinski definition) is 2. The summed E-state index contributed by atoms with van der Waals surface area (Å²) in [6.07, 6.45) is 2.65. The molecule has 1 rings (SSSR count). The molecule has 3 N–H and O–H groups in total. The molecule has 1 fully saturated rings. The van der Waals surface area contributed by atoms with Gasteiger partial charge in [0, 0.05) is 0 Å². The first-order valence-electron chi connectivity index (χ1n) is 4.49. The maximum atomic E-state index is 10.9. The molecule has 1 saturated carbocycles. The molecule has 3 unspecified atom stereocenters. The van der Waals surface area contributed by atoms with Crippen molar-refractivity contribution in [2.24, 2.45) is 17.6 Å². The fourth-order valence-corrected chi connectivity index (χ4v) is 1.97. The lowest BCUT2D eigenvalue weighted by Crippen LogP contribution is -2.56. The van der Waals surface area contributed by atoms with E-state index in [-0.39, 0.29) is 5.92 Å². The van der Waals surface area contributed by atoms with Gasteiger partial charge in [-0.25, -0.2) is 0 Å². The van der Waals surface area contributed by atoms with Gasteiger partial charge in [0.25, 0.3) is 0 Å². The Labute approximate surface area is 72.9 Å². The molecule has 3 nitrogen and oxygen atoms in total. The van der Waals surface area contributed by atoms with E-state index in [1.807, 2.05) is 6.92 Å². The van der Waals surface area contributed by atoms with Crippen LogP contribution in [0.3, 0.4) is 0 Å². The molecule has 0 aromatic heterocycles. The summed E-state index contributed by atoms with van der Waals surface area (Å²) in [4.78, 5) is 10.9. The van der Waals surface area contributed by atoms with E-state index >= 15 is 0 Å². The van der Waals surface area contributed by atoms with Crippen molar-refractivity contribution in [3.05, 3.63) is 0 Å². The molecule has 0 aromatic carbocycles. The van der Waals surface area contributed by atoms with Gasteiger partial charge in [-0.15, -0.1) is 0 Å². The van der Waals surface area contributed by atoms with Gasteiger partial charge in [-0.05, 0) is 24.7 Å². The van der Waals surface area contributed by atoms with E-state index in [1.165, 1.54) is 0 Å². The smallest absolute Gasteiger partial charge is 0.323 e. The summed E-state index contributed by atoms with van der Waals surface area (Å²) in [6.45, 7) is 4.00. The Hall–Kier alpha value is -0.570. The Morgan fingerprint density at radius 1 is 1.50 bits per heavy atom. The number of nitrogens with two attached hydrogens (primary N) is 1. The van der Waals surface area contributed by atoms with Crippen molar-refractivity contribution in [3.8, 4) is 0 Å². The molecule has 0 heterocycles. The van der Waals surface area contributed by atoms with Crippen LogP contribution in [0.25, 0.3) is 0 Å². The first-order valence-corrected chi connectivity index (χ1v) is 4.49. The van der Waals surface area contributed by atoms with Crippen LogP contribution in [-0.4, -0.2) is 16.6 Å². The number of carboxylic acid groups (broad SMARTS) is 1. The maximum Gasteiger partial charge on any atom is 0.323 e. The summed E-state index contributed by atoms with van der Waals surface area (Å²) in [5.74, 6) is -0.296. The average Bonchev–Trinajstić information content (AvgIpc) is 1.97. The van der Waals surface area contributed by atoms with Crippen molar-refractivity contribution in [1.82, 2.24) is 0 Å². The zero-order valence-corrected chi connectivity index (χ0v) is 7.71. The van der Waals surface area contributed by atoms with Crippen LogP contribution in [0.4, 0.5) is 0 Å². The van der Waals surface area contributed by atoms with E-state index in [1.54, 1.807) is 0 Å².